The summed E-state index contributed by atoms with van der Waals surface area (Å²) in [6.45, 7) is 6.56. The average molecular weight is 279 g/mol. The Bertz CT molecular complexity index is 353. The Hall–Kier alpha value is -1.13. The predicted octanol–water partition coefficient (Wildman–Crippen LogP) is 2.74. The maximum absolute atomic E-state index is 8.77. The Kier molecular flexibility index (Phi) is 8.23. The highest BCUT2D eigenvalue weighted by molar-refractivity contribution is 5.43. The Morgan fingerprint density at radius 3 is 2.60 bits per heavy atom. The smallest absolute Gasteiger partial charge is 0.0574 e. The third-order valence-electron chi connectivity index (χ3n) is 3.58. The van der Waals surface area contributed by atoms with Gasteiger partial charge in [0.2, 0.25) is 0 Å². The van der Waals surface area contributed by atoms with Crippen molar-refractivity contribution in [3.63, 3.8) is 0 Å². The van der Waals surface area contributed by atoms with Crippen molar-refractivity contribution in [2.75, 3.05) is 31.6 Å². The molecule has 0 bridgehead atoms. The Morgan fingerprint density at radius 2 is 2.05 bits per heavy atom. The molecule has 114 valence electrons. The lowest BCUT2D eigenvalue weighted by atomic mass is 10.1. The van der Waals surface area contributed by atoms with E-state index in [1.54, 1.807) is 0 Å². The molecule has 1 heterocycles. The fourth-order valence-corrected chi connectivity index (χ4v) is 2.30. The summed E-state index contributed by atoms with van der Waals surface area (Å²) < 4.78 is 0. The lowest BCUT2D eigenvalue weighted by Gasteiger charge is -2.20. The second kappa shape index (κ2) is 9.72. The molecule has 1 rings (SSSR count). The van der Waals surface area contributed by atoms with Gasteiger partial charge in [0.15, 0.2) is 0 Å². The van der Waals surface area contributed by atoms with Crippen molar-refractivity contribution in [3.05, 3.63) is 24.0 Å². The molecule has 0 spiro atoms. The summed E-state index contributed by atoms with van der Waals surface area (Å²) in [7, 11) is 2.09. The topological polar surface area (TPSA) is 48.4 Å². The molecule has 4 nitrogen and oxygen atoms in total. The molecule has 1 unspecified atom stereocenters. The van der Waals surface area contributed by atoms with Gasteiger partial charge in [-0.25, -0.2) is 0 Å². The zero-order valence-corrected chi connectivity index (χ0v) is 13.1. The fourth-order valence-electron chi connectivity index (χ4n) is 2.30. The molecule has 0 saturated heterocycles. The number of nitrogens with zero attached hydrogens (tertiary/aromatic N) is 2. The number of anilines is 1. The van der Waals surface area contributed by atoms with Gasteiger partial charge in [0, 0.05) is 26.2 Å². The number of rotatable bonds is 10. The molecule has 2 N–H and O–H groups in total. The largest absolute Gasteiger partial charge is 0.396 e. The monoisotopic (exact) mass is 279 g/mol. The van der Waals surface area contributed by atoms with Gasteiger partial charge in [0.05, 0.1) is 17.6 Å². The highest BCUT2D eigenvalue weighted by Gasteiger charge is 2.09. The highest BCUT2D eigenvalue weighted by atomic mass is 16.2. The highest BCUT2D eigenvalue weighted by Crippen LogP contribution is 2.18. The lowest BCUT2D eigenvalue weighted by molar-refractivity contribution is 0.283. The first-order valence-corrected chi connectivity index (χ1v) is 7.74. The van der Waals surface area contributed by atoms with Crippen LogP contribution in [0.25, 0.3) is 0 Å². The van der Waals surface area contributed by atoms with Crippen LogP contribution in [-0.2, 0) is 0 Å². The second-order valence-electron chi connectivity index (χ2n) is 5.17. The number of hydrogen-bond donors (Lipinski definition) is 2. The number of aliphatic hydroxyl groups excluding tert-OH is 1. The fraction of sp³-hybridized carbons (Fsp3) is 0.688. The summed E-state index contributed by atoms with van der Waals surface area (Å²) in [6.07, 6.45) is 6.09. The van der Waals surface area contributed by atoms with Crippen LogP contribution in [-0.4, -0.2) is 36.8 Å². The van der Waals surface area contributed by atoms with Gasteiger partial charge in [0.25, 0.3) is 0 Å². The van der Waals surface area contributed by atoms with E-state index in [0.29, 0.717) is 12.6 Å². The number of nitrogens with one attached hydrogen (secondary N) is 1. The Balaban J connectivity index is 2.52. The second-order valence-corrected chi connectivity index (χ2v) is 5.17. The summed E-state index contributed by atoms with van der Waals surface area (Å²) in [5, 5.41) is 12.2. The Labute approximate surface area is 123 Å². The van der Waals surface area contributed by atoms with Gasteiger partial charge in [-0.3, -0.25) is 4.98 Å². The van der Waals surface area contributed by atoms with Crippen LogP contribution in [0.3, 0.4) is 0 Å². The van der Waals surface area contributed by atoms with Crippen molar-refractivity contribution >= 4 is 5.69 Å². The molecule has 0 aromatic carbocycles. The van der Waals surface area contributed by atoms with Crippen molar-refractivity contribution in [2.45, 2.75) is 45.6 Å². The van der Waals surface area contributed by atoms with Crippen LogP contribution in [0, 0.1) is 0 Å². The molecule has 0 aliphatic heterocycles. The van der Waals surface area contributed by atoms with E-state index in [-0.39, 0.29) is 0 Å². The minimum absolute atomic E-state index is 0.294. The van der Waals surface area contributed by atoms with Crippen LogP contribution >= 0.6 is 0 Å². The molecule has 0 aliphatic rings. The van der Waals surface area contributed by atoms with Crippen LogP contribution in [0.15, 0.2) is 18.3 Å². The third kappa shape index (κ3) is 5.47. The number of hydrogen-bond acceptors (Lipinski definition) is 4. The van der Waals surface area contributed by atoms with Gasteiger partial charge in [-0.2, -0.15) is 0 Å². The van der Waals surface area contributed by atoms with E-state index in [0.717, 1.165) is 50.2 Å². The first kappa shape index (κ1) is 16.9. The van der Waals surface area contributed by atoms with Crippen molar-refractivity contribution in [1.29, 1.82) is 0 Å². The van der Waals surface area contributed by atoms with E-state index in [1.807, 2.05) is 6.20 Å². The number of pyridine rings is 1. The first-order chi connectivity index (χ1) is 9.72. The minimum Gasteiger partial charge on any atom is -0.396 e. The van der Waals surface area contributed by atoms with Crippen molar-refractivity contribution in [1.82, 2.24) is 10.3 Å². The SMILES string of the molecule is CCNC(CC)c1ccc(N(C)CCCCCO)cn1. The third-order valence-corrected chi connectivity index (χ3v) is 3.58. The van der Waals surface area contributed by atoms with Gasteiger partial charge in [0.1, 0.15) is 0 Å². The van der Waals surface area contributed by atoms with Crippen LogP contribution in [0.5, 0.6) is 0 Å². The van der Waals surface area contributed by atoms with Gasteiger partial charge >= 0.3 is 0 Å². The number of unbranched alkanes of at least 4 members (excludes halogenated alkanes) is 2. The molecular weight excluding hydrogens is 250 g/mol. The van der Waals surface area contributed by atoms with Crippen LogP contribution < -0.4 is 10.2 Å². The summed E-state index contributed by atoms with van der Waals surface area (Å²) in [6, 6.07) is 4.62. The summed E-state index contributed by atoms with van der Waals surface area (Å²) in [5.74, 6) is 0. The van der Waals surface area contributed by atoms with Gasteiger partial charge in [-0.05, 0) is 44.4 Å². The van der Waals surface area contributed by atoms with Crippen LogP contribution in [0.4, 0.5) is 5.69 Å². The molecule has 1 aromatic heterocycles. The molecule has 0 amide bonds. The van der Waals surface area contributed by atoms with E-state index in [4.69, 9.17) is 5.11 Å². The van der Waals surface area contributed by atoms with E-state index in [9.17, 15) is 0 Å². The zero-order chi connectivity index (χ0) is 14.8. The number of aromatic nitrogens is 1. The van der Waals surface area contributed by atoms with Crippen molar-refractivity contribution < 1.29 is 5.11 Å². The van der Waals surface area contributed by atoms with Gasteiger partial charge in [-0.15, -0.1) is 0 Å². The maximum Gasteiger partial charge on any atom is 0.0574 e. The summed E-state index contributed by atoms with van der Waals surface area (Å²) >= 11 is 0. The van der Waals surface area contributed by atoms with Crippen LogP contribution in [0.2, 0.25) is 0 Å². The van der Waals surface area contributed by atoms with E-state index >= 15 is 0 Å². The quantitative estimate of drug-likeness (QED) is 0.647. The van der Waals surface area contributed by atoms with E-state index in [1.165, 1.54) is 0 Å². The molecule has 0 aliphatic carbocycles. The molecular formula is C16H29N3O. The van der Waals surface area contributed by atoms with Gasteiger partial charge < -0.3 is 15.3 Å². The minimum atomic E-state index is 0.294. The first-order valence-electron chi connectivity index (χ1n) is 7.74. The molecule has 4 heteroatoms. The van der Waals surface area contributed by atoms with E-state index < -0.39 is 0 Å². The lowest BCUT2D eigenvalue weighted by Crippen LogP contribution is -2.22. The molecule has 1 aromatic rings. The average Bonchev–Trinajstić information content (AvgIpc) is 2.49. The predicted molar refractivity (Wildman–Crippen MR) is 85.2 cm³/mol. The summed E-state index contributed by atoms with van der Waals surface area (Å²) in [5.41, 5.74) is 2.27. The van der Waals surface area contributed by atoms with Crippen molar-refractivity contribution in [3.8, 4) is 0 Å². The maximum atomic E-state index is 8.77. The van der Waals surface area contributed by atoms with Gasteiger partial charge in [-0.1, -0.05) is 13.8 Å². The zero-order valence-electron chi connectivity index (χ0n) is 13.1. The van der Waals surface area contributed by atoms with E-state index in [2.05, 4.69) is 48.2 Å². The van der Waals surface area contributed by atoms with Crippen molar-refractivity contribution in [2.24, 2.45) is 0 Å². The standard InChI is InChI=1S/C16H29N3O/c1-4-15(17-5-2)16-10-9-14(13-18-16)19(3)11-7-6-8-12-20/h9-10,13,15,17,20H,4-8,11-12H2,1-3H3. The van der Waals surface area contributed by atoms with Crippen LogP contribution in [0.1, 0.15) is 51.3 Å². The molecule has 0 radical (unpaired) electrons. The molecule has 0 fully saturated rings. The molecule has 0 saturated carbocycles. The summed E-state index contributed by atoms with van der Waals surface area (Å²) in [4.78, 5) is 6.81. The molecule has 1 atom stereocenters. The molecule has 20 heavy (non-hydrogen) atoms. The Morgan fingerprint density at radius 1 is 1.25 bits per heavy atom. The normalized spacial score (nSPS) is 12.4. The number of aliphatic hydroxyl groups is 1.